The molecule has 0 fully saturated rings. The van der Waals surface area contributed by atoms with Crippen LogP contribution in [-0.4, -0.2) is 0 Å². The van der Waals surface area contributed by atoms with Crippen molar-refractivity contribution in [1.82, 2.24) is 0 Å². The summed E-state index contributed by atoms with van der Waals surface area (Å²) in [5.41, 5.74) is 0. The van der Waals surface area contributed by atoms with Crippen LogP contribution in [0.3, 0.4) is 0 Å². The molecule has 0 aliphatic heterocycles. The molecule has 0 aromatic carbocycles. The zero-order chi connectivity index (χ0) is 11.2. The van der Waals surface area contributed by atoms with Gasteiger partial charge in [-0.15, -0.1) is 0 Å². The lowest BCUT2D eigenvalue weighted by Crippen LogP contribution is -1.77. The van der Waals surface area contributed by atoms with Gasteiger partial charge < -0.3 is 0 Å². The molecule has 0 saturated carbocycles. The summed E-state index contributed by atoms with van der Waals surface area (Å²) in [7, 11) is 0. The van der Waals surface area contributed by atoms with E-state index in [0.29, 0.717) is 0 Å². The molecule has 0 amide bonds. The van der Waals surface area contributed by atoms with Crippen LogP contribution < -0.4 is 0 Å². The summed E-state index contributed by atoms with van der Waals surface area (Å²) in [5.74, 6) is 0. The van der Waals surface area contributed by atoms with Crippen LogP contribution in [0.2, 0.25) is 0 Å². The van der Waals surface area contributed by atoms with Gasteiger partial charge in [0.1, 0.15) is 0 Å². The number of hydrogen-bond donors (Lipinski definition) is 0. The summed E-state index contributed by atoms with van der Waals surface area (Å²) in [6.45, 7) is 4.48. The fourth-order valence-electron chi connectivity index (χ4n) is 1.56. The van der Waals surface area contributed by atoms with Crippen LogP contribution >= 0.6 is 0 Å². The van der Waals surface area contributed by atoms with E-state index in [-0.39, 0.29) is 0 Å². The van der Waals surface area contributed by atoms with Crippen LogP contribution in [0.4, 0.5) is 0 Å². The number of allylic oxidation sites excluding steroid dienone is 4. The molecule has 0 radical (unpaired) electrons. The minimum atomic E-state index is 1.21. The second-order valence-corrected chi connectivity index (χ2v) is 4.20. The lowest BCUT2D eigenvalue weighted by atomic mass is 10.1. The quantitative estimate of drug-likeness (QED) is 0.321. The van der Waals surface area contributed by atoms with E-state index >= 15 is 0 Å². The molecule has 0 unspecified atom stereocenters. The second-order valence-electron chi connectivity index (χ2n) is 4.20. The maximum Gasteiger partial charge on any atom is -0.0348 e. The first-order valence-corrected chi connectivity index (χ1v) is 6.73. The maximum atomic E-state index is 2.30. The molecule has 88 valence electrons. The number of hydrogen-bond acceptors (Lipinski definition) is 0. The van der Waals surface area contributed by atoms with Gasteiger partial charge in [-0.3, -0.25) is 0 Å². The largest absolute Gasteiger partial charge is 0.0846 e. The molecule has 15 heavy (non-hydrogen) atoms. The lowest BCUT2D eigenvalue weighted by molar-refractivity contribution is 0.611. The molecule has 0 heterocycles. The topological polar surface area (TPSA) is 0 Å². The van der Waals surface area contributed by atoms with Gasteiger partial charge in [-0.25, -0.2) is 0 Å². The number of rotatable bonds is 10. The van der Waals surface area contributed by atoms with Crippen LogP contribution in [0.15, 0.2) is 24.3 Å². The van der Waals surface area contributed by atoms with Gasteiger partial charge in [0.2, 0.25) is 0 Å². The van der Waals surface area contributed by atoms with Crippen molar-refractivity contribution in [2.45, 2.75) is 71.6 Å². The van der Waals surface area contributed by atoms with E-state index in [2.05, 4.69) is 38.2 Å². The normalized spacial score (nSPS) is 11.9. The SMILES string of the molecule is CCCC=CC=CCCCCCCCC. The highest BCUT2D eigenvalue weighted by Gasteiger charge is 1.87. The van der Waals surface area contributed by atoms with Crippen LogP contribution in [0.1, 0.15) is 71.6 Å². The predicted octanol–water partition coefficient (Wildman–Crippen LogP) is 5.65. The van der Waals surface area contributed by atoms with Crippen LogP contribution in [0.5, 0.6) is 0 Å². The highest BCUT2D eigenvalue weighted by atomic mass is 13.9. The molecule has 0 aromatic rings. The first-order chi connectivity index (χ1) is 7.41. The third kappa shape index (κ3) is 13.5. The molecule has 0 aliphatic rings. The van der Waals surface area contributed by atoms with Crippen LogP contribution in [0.25, 0.3) is 0 Å². The van der Waals surface area contributed by atoms with Crippen LogP contribution in [0, 0.1) is 0 Å². The Morgan fingerprint density at radius 1 is 0.600 bits per heavy atom. The monoisotopic (exact) mass is 208 g/mol. The Kier molecular flexibility index (Phi) is 13.0. The maximum absolute atomic E-state index is 2.30. The van der Waals surface area contributed by atoms with Gasteiger partial charge in [-0.05, 0) is 19.3 Å². The van der Waals surface area contributed by atoms with Gasteiger partial charge >= 0.3 is 0 Å². The fraction of sp³-hybridized carbons (Fsp3) is 0.733. The van der Waals surface area contributed by atoms with Crippen molar-refractivity contribution in [2.24, 2.45) is 0 Å². The summed E-state index contributed by atoms with van der Waals surface area (Å²) in [6.07, 6.45) is 21.0. The Bertz CT molecular complexity index is 153. The van der Waals surface area contributed by atoms with Crippen molar-refractivity contribution >= 4 is 0 Å². The first kappa shape index (κ1) is 14.5. The third-order valence-corrected chi connectivity index (χ3v) is 2.56. The molecule has 0 bridgehead atoms. The van der Waals surface area contributed by atoms with Crippen molar-refractivity contribution in [1.29, 1.82) is 0 Å². The molecule has 0 aliphatic carbocycles. The fourth-order valence-corrected chi connectivity index (χ4v) is 1.56. The summed E-state index contributed by atoms with van der Waals surface area (Å²) in [5, 5.41) is 0. The molecule has 0 aromatic heterocycles. The zero-order valence-corrected chi connectivity index (χ0v) is 10.7. The van der Waals surface area contributed by atoms with Crippen molar-refractivity contribution in [3.63, 3.8) is 0 Å². The summed E-state index contributed by atoms with van der Waals surface area (Å²) >= 11 is 0. The van der Waals surface area contributed by atoms with Gasteiger partial charge in [0.25, 0.3) is 0 Å². The highest BCUT2D eigenvalue weighted by molar-refractivity contribution is 5.02. The average Bonchev–Trinajstić information content (AvgIpc) is 2.26. The van der Waals surface area contributed by atoms with E-state index in [0.717, 1.165) is 0 Å². The Balaban J connectivity index is 3.09. The summed E-state index contributed by atoms with van der Waals surface area (Å²) in [4.78, 5) is 0. The van der Waals surface area contributed by atoms with Crippen molar-refractivity contribution in [3.05, 3.63) is 24.3 Å². The molecule has 0 N–H and O–H groups in total. The van der Waals surface area contributed by atoms with E-state index in [1.807, 2.05) is 0 Å². The van der Waals surface area contributed by atoms with Gasteiger partial charge in [0.05, 0.1) is 0 Å². The second kappa shape index (κ2) is 13.5. The smallest absolute Gasteiger partial charge is 0.0348 e. The molecule has 0 spiro atoms. The van der Waals surface area contributed by atoms with Gasteiger partial charge in [0, 0.05) is 0 Å². The van der Waals surface area contributed by atoms with E-state index < -0.39 is 0 Å². The van der Waals surface area contributed by atoms with Crippen molar-refractivity contribution in [3.8, 4) is 0 Å². The van der Waals surface area contributed by atoms with Gasteiger partial charge in [0.15, 0.2) is 0 Å². The molecular formula is C15H28. The van der Waals surface area contributed by atoms with E-state index in [9.17, 15) is 0 Å². The van der Waals surface area contributed by atoms with Gasteiger partial charge in [-0.2, -0.15) is 0 Å². The third-order valence-electron chi connectivity index (χ3n) is 2.56. The Labute approximate surface area is 96.5 Å². The molecule has 0 atom stereocenters. The van der Waals surface area contributed by atoms with Gasteiger partial charge in [-0.1, -0.05) is 76.7 Å². The van der Waals surface area contributed by atoms with E-state index in [1.54, 1.807) is 0 Å². The average molecular weight is 208 g/mol. The summed E-state index contributed by atoms with van der Waals surface area (Å²) in [6, 6.07) is 0. The van der Waals surface area contributed by atoms with Crippen molar-refractivity contribution in [2.75, 3.05) is 0 Å². The molecule has 0 heteroatoms. The standard InChI is InChI=1S/C15H28/c1-3-5-7-9-11-13-15-14-12-10-8-6-4-2/h7,9,11,13H,3-6,8,10,12,14-15H2,1-2H3. The van der Waals surface area contributed by atoms with E-state index in [4.69, 9.17) is 0 Å². The minimum absolute atomic E-state index is 1.21. The Hall–Kier alpha value is -0.520. The lowest BCUT2D eigenvalue weighted by Gasteiger charge is -1.97. The van der Waals surface area contributed by atoms with Crippen molar-refractivity contribution < 1.29 is 0 Å². The number of unbranched alkanes of at least 4 members (excludes halogenated alkanes) is 7. The first-order valence-electron chi connectivity index (χ1n) is 6.73. The molecular weight excluding hydrogens is 180 g/mol. The molecule has 0 nitrogen and oxygen atoms in total. The predicted molar refractivity (Wildman–Crippen MR) is 71.2 cm³/mol. The zero-order valence-electron chi connectivity index (χ0n) is 10.7. The van der Waals surface area contributed by atoms with E-state index in [1.165, 1.54) is 57.8 Å². The Morgan fingerprint density at radius 2 is 1.20 bits per heavy atom. The van der Waals surface area contributed by atoms with Crippen LogP contribution in [-0.2, 0) is 0 Å². The molecule has 0 rings (SSSR count). The highest BCUT2D eigenvalue weighted by Crippen LogP contribution is 2.07. The Morgan fingerprint density at radius 3 is 1.87 bits per heavy atom. The molecule has 0 saturated heterocycles. The summed E-state index contributed by atoms with van der Waals surface area (Å²) < 4.78 is 0. The minimum Gasteiger partial charge on any atom is -0.0846 e.